The van der Waals surface area contributed by atoms with Crippen molar-refractivity contribution in [3.63, 3.8) is 0 Å². The third-order valence-electron chi connectivity index (χ3n) is 3.00. The molecule has 0 saturated carbocycles. The summed E-state index contributed by atoms with van der Waals surface area (Å²) >= 11 is 0. The van der Waals surface area contributed by atoms with Crippen molar-refractivity contribution in [2.45, 2.75) is 32.1 Å². The van der Waals surface area contributed by atoms with E-state index >= 15 is 0 Å². The first kappa shape index (κ1) is 17.4. The smallest absolute Gasteiger partial charge is 0.330 e. The Labute approximate surface area is 129 Å². The van der Waals surface area contributed by atoms with Crippen LogP contribution in [0.2, 0.25) is 0 Å². The van der Waals surface area contributed by atoms with Gasteiger partial charge in [0, 0.05) is 16.4 Å². The number of allylic oxidation sites excluding steroid dienone is 2. The molecule has 0 bridgehead atoms. The molecular weight excluding hydrogens is 284 g/mol. The van der Waals surface area contributed by atoms with Gasteiger partial charge < -0.3 is 4.74 Å². The van der Waals surface area contributed by atoms with Gasteiger partial charge in [0.25, 0.3) is 0 Å². The van der Waals surface area contributed by atoms with Crippen molar-refractivity contribution in [2.75, 3.05) is 7.11 Å². The van der Waals surface area contributed by atoms with Crippen LogP contribution in [0.25, 0.3) is 0 Å². The molecule has 0 radical (unpaired) electrons. The molecule has 1 aromatic carbocycles. The lowest BCUT2D eigenvalue weighted by atomic mass is 9.89. The lowest BCUT2D eigenvalue weighted by Crippen LogP contribution is -2.06. The summed E-state index contributed by atoms with van der Waals surface area (Å²) in [6, 6.07) is 7.65. The Hall–Kier alpha value is -1.68. The number of rotatable bonds is 6. The van der Waals surface area contributed by atoms with Crippen LogP contribution in [-0.4, -0.2) is 17.3 Å². The third kappa shape index (κ3) is 6.54. The van der Waals surface area contributed by atoms with Gasteiger partial charge in [-0.15, -0.1) is 0 Å². The minimum Gasteiger partial charge on any atom is -0.466 e. The van der Waals surface area contributed by atoms with Crippen LogP contribution in [0.3, 0.4) is 0 Å². The predicted molar refractivity (Wildman–Crippen MR) is 86.3 cm³/mol. The standard InChI is InChI=1S/C17H22O3S/c1-14-7-9-15(10-8-14)21(19)13-12-17(2,3)11-5-6-16(18)20-4/h5-10,12-13H,11H2,1-4H3/b6-5+,13-12+/t21-/m1/s1. The van der Waals surface area contributed by atoms with Crippen molar-refractivity contribution < 1.29 is 13.7 Å². The number of methoxy groups -OCH3 is 1. The average molecular weight is 306 g/mol. The number of aryl methyl sites for hydroxylation is 1. The van der Waals surface area contributed by atoms with E-state index < -0.39 is 10.8 Å². The van der Waals surface area contributed by atoms with Crippen LogP contribution in [0.15, 0.2) is 52.8 Å². The second-order valence-electron chi connectivity index (χ2n) is 5.53. The second kappa shape index (κ2) is 7.93. The number of ether oxygens (including phenoxy) is 1. The van der Waals surface area contributed by atoms with E-state index in [0.717, 1.165) is 10.5 Å². The van der Waals surface area contributed by atoms with Crippen molar-refractivity contribution in [3.8, 4) is 0 Å². The number of carbonyl (C=O) groups is 1. The number of hydrogen-bond donors (Lipinski definition) is 0. The molecule has 0 aliphatic carbocycles. The summed E-state index contributed by atoms with van der Waals surface area (Å²) in [7, 11) is 0.199. The number of carbonyl (C=O) groups excluding carboxylic acids is 1. The average Bonchev–Trinajstić information content (AvgIpc) is 2.45. The Morgan fingerprint density at radius 2 is 1.90 bits per heavy atom. The van der Waals surface area contributed by atoms with E-state index in [1.54, 1.807) is 11.5 Å². The quantitative estimate of drug-likeness (QED) is 0.593. The summed E-state index contributed by atoms with van der Waals surface area (Å²) < 4.78 is 16.7. The molecule has 1 rings (SSSR count). The van der Waals surface area contributed by atoms with Gasteiger partial charge in [-0.3, -0.25) is 0 Å². The summed E-state index contributed by atoms with van der Waals surface area (Å²) in [5.74, 6) is -0.363. The van der Waals surface area contributed by atoms with Crippen molar-refractivity contribution in [1.82, 2.24) is 0 Å². The van der Waals surface area contributed by atoms with E-state index in [-0.39, 0.29) is 11.4 Å². The second-order valence-corrected chi connectivity index (χ2v) is 6.87. The van der Waals surface area contributed by atoms with Gasteiger partial charge in [-0.05, 0) is 30.9 Å². The molecule has 1 atom stereocenters. The number of benzene rings is 1. The van der Waals surface area contributed by atoms with Gasteiger partial charge in [-0.2, -0.15) is 0 Å². The molecule has 0 aliphatic heterocycles. The first-order valence-corrected chi connectivity index (χ1v) is 7.96. The van der Waals surface area contributed by atoms with E-state index in [9.17, 15) is 9.00 Å². The first-order chi connectivity index (χ1) is 9.84. The van der Waals surface area contributed by atoms with Gasteiger partial charge in [0.2, 0.25) is 0 Å². The van der Waals surface area contributed by atoms with Crippen LogP contribution in [0.5, 0.6) is 0 Å². The van der Waals surface area contributed by atoms with E-state index in [0.29, 0.717) is 6.42 Å². The molecule has 3 nitrogen and oxygen atoms in total. The largest absolute Gasteiger partial charge is 0.466 e. The van der Waals surface area contributed by atoms with Gasteiger partial charge in [0.15, 0.2) is 0 Å². The number of hydrogen-bond acceptors (Lipinski definition) is 3. The SMILES string of the molecule is COC(=O)/C=C/CC(C)(C)/C=C/[S@@](=O)c1ccc(C)cc1. The van der Waals surface area contributed by atoms with Gasteiger partial charge in [-0.25, -0.2) is 9.00 Å². The van der Waals surface area contributed by atoms with Crippen molar-refractivity contribution in [2.24, 2.45) is 5.41 Å². The fraction of sp³-hybridized carbons (Fsp3) is 0.353. The summed E-state index contributed by atoms with van der Waals surface area (Å²) in [5, 5.41) is 1.71. The summed E-state index contributed by atoms with van der Waals surface area (Å²) in [6.45, 7) is 6.05. The zero-order chi connectivity index (χ0) is 15.9. The Balaban J connectivity index is 2.65. The first-order valence-electron chi connectivity index (χ1n) is 6.75. The van der Waals surface area contributed by atoms with Crippen LogP contribution in [0.4, 0.5) is 0 Å². The minimum absolute atomic E-state index is 0.176. The zero-order valence-electron chi connectivity index (χ0n) is 13.0. The van der Waals surface area contributed by atoms with Gasteiger partial charge in [0.05, 0.1) is 17.9 Å². The lowest BCUT2D eigenvalue weighted by molar-refractivity contribution is -0.134. The molecule has 4 heteroatoms. The van der Waals surface area contributed by atoms with Crippen molar-refractivity contribution >= 4 is 16.8 Å². The highest BCUT2D eigenvalue weighted by atomic mass is 32.2. The maximum absolute atomic E-state index is 12.2. The molecule has 0 unspecified atom stereocenters. The maximum Gasteiger partial charge on any atom is 0.330 e. The highest BCUT2D eigenvalue weighted by molar-refractivity contribution is 7.88. The van der Waals surface area contributed by atoms with Gasteiger partial charge in [-0.1, -0.05) is 43.7 Å². The minimum atomic E-state index is -1.15. The van der Waals surface area contributed by atoms with Crippen LogP contribution in [-0.2, 0) is 20.3 Å². The molecule has 114 valence electrons. The highest BCUT2D eigenvalue weighted by Crippen LogP contribution is 2.23. The summed E-state index contributed by atoms with van der Waals surface area (Å²) in [4.78, 5) is 11.8. The van der Waals surface area contributed by atoms with Crippen LogP contribution in [0.1, 0.15) is 25.8 Å². The summed E-state index contributed by atoms with van der Waals surface area (Å²) in [6.07, 6.45) is 5.77. The fourth-order valence-electron chi connectivity index (χ4n) is 1.59. The molecule has 1 aromatic rings. The van der Waals surface area contributed by atoms with E-state index in [1.165, 1.54) is 13.2 Å². The molecule has 0 aliphatic rings. The highest BCUT2D eigenvalue weighted by Gasteiger charge is 2.12. The van der Waals surface area contributed by atoms with Crippen LogP contribution in [0, 0.1) is 12.3 Å². The summed E-state index contributed by atoms with van der Waals surface area (Å²) in [5.41, 5.74) is 0.971. The normalized spacial score (nSPS) is 13.7. The molecule has 0 amide bonds. The Kier molecular flexibility index (Phi) is 6.56. The molecule has 0 saturated heterocycles. The molecule has 0 fully saturated rings. The van der Waals surface area contributed by atoms with Crippen LogP contribution >= 0.6 is 0 Å². The number of esters is 1. The van der Waals surface area contributed by atoms with E-state index in [4.69, 9.17) is 0 Å². The molecular formula is C17H22O3S. The fourth-order valence-corrected chi connectivity index (χ4v) is 2.65. The predicted octanol–water partition coefficient (Wildman–Crippen LogP) is 3.76. The Morgan fingerprint density at radius 3 is 2.48 bits per heavy atom. The topological polar surface area (TPSA) is 43.4 Å². The maximum atomic E-state index is 12.2. The molecule has 0 N–H and O–H groups in total. The molecule has 0 heterocycles. The van der Waals surface area contributed by atoms with Gasteiger partial charge in [0.1, 0.15) is 0 Å². The molecule has 0 spiro atoms. The zero-order valence-corrected chi connectivity index (χ0v) is 13.8. The molecule has 0 aromatic heterocycles. The molecule has 21 heavy (non-hydrogen) atoms. The van der Waals surface area contributed by atoms with Crippen molar-refractivity contribution in [1.29, 1.82) is 0 Å². The third-order valence-corrected chi connectivity index (χ3v) is 4.12. The lowest BCUT2D eigenvalue weighted by Gasteiger charge is -2.17. The van der Waals surface area contributed by atoms with Crippen LogP contribution < -0.4 is 0 Å². The monoisotopic (exact) mass is 306 g/mol. The van der Waals surface area contributed by atoms with E-state index in [1.807, 2.05) is 51.1 Å². The van der Waals surface area contributed by atoms with Gasteiger partial charge >= 0.3 is 5.97 Å². The Morgan fingerprint density at radius 1 is 1.29 bits per heavy atom. The Bertz CT molecular complexity index is 554. The van der Waals surface area contributed by atoms with Crippen molar-refractivity contribution in [3.05, 3.63) is 53.5 Å². The van der Waals surface area contributed by atoms with E-state index in [2.05, 4.69) is 4.74 Å².